The molecule has 0 aliphatic carbocycles. The summed E-state index contributed by atoms with van der Waals surface area (Å²) in [6, 6.07) is 9.84. The first-order valence-corrected chi connectivity index (χ1v) is 9.80. The first-order chi connectivity index (χ1) is 13.6. The van der Waals surface area contributed by atoms with Gasteiger partial charge in [0.1, 0.15) is 0 Å². The second kappa shape index (κ2) is 9.35. The van der Waals surface area contributed by atoms with Crippen molar-refractivity contribution in [2.45, 2.75) is 39.5 Å². The predicted octanol–water partition coefficient (Wildman–Crippen LogP) is 3.45. The lowest BCUT2D eigenvalue weighted by Gasteiger charge is -2.19. The molecule has 6 heteroatoms. The number of hydrogen-bond donors (Lipinski definition) is 0. The number of amides is 1. The van der Waals surface area contributed by atoms with E-state index in [0.717, 1.165) is 61.4 Å². The third-order valence-corrected chi connectivity index (χ3v) is 5.03. The average Bonchev–Trinajstić information content (AvgIpc) is 2.89. The Labute approximate surface area is 165 Å². The number of likely N-dealkylation sites (tertiary alicyclic amines) is 1. The van der Waals surface area contributed by atoms with Gasteiger partial charge in [-0.15, -0.1) is 0 Å². The highest BCUT2D eigenvalue weighted by Crippen LogP contribution is 2.19. The fourth-order valence-corrected chi connectivity index (χ4v) is 3.46. The van der Waals surface area contributed by atoms with E-state index >= 15 is 0 Å². The van der Waals surface area contributed by atoms with Crippen molar-refractivity contribution in [2.24, 2.45) is 0 Å². The Kier molecular flexibility index (Phi) is 6.63. The number of nitrogens with zero attached hydrogens (tertiary/aromatic N) is 3. The van der Waals surface area contributed by atoms with Crippen LogP contribution in [0.2, 0.25) is 0 Å². The fraction of sp³-hybridized carbons (Fsp3) is 0.409. The number of carbonyl (C=O) groups excluding carboxylic acids is 2. The molecule has 1 aromatic carbocycles. The molecule has 2 heterocycles. The molecule has 1 fully saturated rings. The highest BCUT2D eigenvalue weighted by atomic mass is 16.5. The first-order valence-electron chi connectivity index (χ1n) is 9.80. The number of carbonyl (C=O) groups is 2. The van der Waals surface area contributed by atoms with Crippen molar-refractivity contribution in [3.8, 4) is 5.69 Å². The van der Waals surface area contributed by atoms with Gasteiger partial charge in [0.2, 0.25) is 0 Å². The van der Waals surface area contributed by atoms with Crippen molar-refractivity contribution >= 4 is 18.0 Å². The first kappa shape index (κ1) is 19.9. The molecule has 2 aromatic rings. The summed E-state index contributed by atoms with van der Waals surface area (Å²) in [5, 5.41) is 4.56. The molecule has 1 amide bonds. The summed E-state index contributed by atoms with van der Waals surface area (Å²) in [4.78, 5) is 26.1. The van der Waals surface area contributed by atoms with Gasteiger partial charge in [0.25, 0.3) is 5.91 Å². The van der Waals surface area contributed by atoms with E-state index in [9.17, 15) is 9.59 Å². The number of aryl methyl sites for hydroxylation is 1. The van der Waals surface area contributed by atoms with Crippen LogP contribution in [-0.4, -0.2) is 46.3 Å². The van der Waals surface area contributed by atoms with E-state index in [1.54, 1.807) is 11.0 Å². The quantitative estimate of drug-likeness (QED) is 0.588. The molecule has 1 aliphatic rings. The molecule has 0 N–H and O–H groups in total. The molecule has 3 rings (SSSR count). The van der Waals surface area contributed by atoms with Crippen molar-refractivity contribution < 1.29 is 14.3 Å². The predicted molar refractivity (Wildman–Crippen MR) is 108 cm³/mol. The minimum absolute atomic E-state index is 0.118. The minimum Gasteiger partial charge on any atom is -0.452 e. The number of benzene rings is 1. The zero-order valence-corrected chi connectivity index (χ0v) is 16.6. The van der Waals surface area contributed by atoms with Crippen molar-refractivity contribution in [2.75, 3.05) is 19.7 Å². The Morgan fingerprint density at radius 3 is 2.43 bits per heavy atom. The Morgan fingerprint density at radius 1 is 1.07 bits per heavy atom. The van der Waals surface area contributed by atoms with Crippen molar-refractivity contribution in [3.63, 3.8) is 0 Å². The maximum Gasteiger partial charge on any atom is 0.331 e. The standard InChI is InChI=1S/C22H27N3O3/c1-17-20(18(2)25(23-17)19-10-6-5-7-11-19)12-13-22(27)28-16-21(26)24-14-8-3-4-9-15-24/h5-7,10-13H,3-4,8-9,14-16H2,1-2H3. The molecule has 148 valence electrons. The van der Waals surface area contributed by atoms with Crippen LogP contribution in [0.4, 0.5) is 0 Å². The topological polar surface area (TPSA) is 64.4 Å². The van der Waals surface area contributed by atoms with Gasteiger partial charge in [-0.1, -0.05) is 31.0 Å². The van der Waals surface area contributed by atoms with E-state index in [2.05, 4.69) is 5.10 Å². The summed E-state index contributed by atoms with van der Waals surface area (Å²) < 4.78 is 7.00. The molecule has 0 bridgehead atoms. The Morgan fingerprint density at radius 2 is 1.75 bits per heavy atom. The van der Waals surface area contributed by atoms with Crippen LogP contribution in [0.15, 0.2) is 36.4 Å². The summed E-state index contributed by atoms with van der Waals surface area (Å²) >= 11 is 0. The van der Waals surface area contributed by atoms with E-state index in [0.29, 0.717) is 0 Å². The van der Waals surface area contributed by atoms with Gasteiger partial charge >= 0.3 is 5.97 Å². The molecule has 0 spiro atoms. The van der Waals surface area contributed by atoms with Gasteiger partial charge in [0.15, 0.2) is 6.61 Å². The molecule has 0 atom stereocenters. The van der Waals surface area contributed by atoms with Gasteiger partial charge < -0.3 is 9.64 Å². The second-order valence-corrected chi connectivity index (χ2v) is 7.07. The van der Waals surface area contributed by atoms with Crippen molar-refractivity contribution in [1.82, 2.24) is 14.7 Å². The molecule has 0 unspecified atom stereocenters. The summed E-state index contributed by atoms with van der Waals surface area (Å²) in [5.41, 5.74) is 3.60. The number of aromatic nitrogens is 2. The lowest BCUT2D eigenvalue weighted by molar-refractivity contribution is -0.148. The van der Waals surface area contributed by atoms with E-state index in [4.69, 9.17) is 4.74 Å². The minimum atomic E-state index is -0.519. The fourth-order valence-electron chi connectivity index (χ4n) is 3.46. The molecule has 0 saturated carbocycles. The van der Waals surface area contributed by atoms with Crippen LogP contribution in [-0.2, 0) is 14.3 Å². The van der Waals surface area contributed by atoms with Gasteiger partial charge in [-0.05, 0) is 44.9 Å². The van der Waals surface area contributed by atoms with Crippen LogP contribution < -0.4 is 0 Å². The summed E-state index contributed by atoms with van der Waals surface area (Å²) in [6.07, 6.45) is 7.41. The summed E-state index contributed by atoms with van der Waals surface area (Å²) in [5.74, 6) is -0.637. The van der Waals surface area contributed by atoms with Gasteiger partial charge in [-0.25, -0.2) is 9.48 Å². The molecular weight excluding hydrogens is 354 g/mol. The summed E-state index contributed by atoms with van der Waals surface area (Å²) in [7, 11) is 0. The Balaban J connectivity index is 1.60. The maximum absolute atomic E-state index is 12.2. The average molecular weight is 381 g/mol. The van der Waals surface area contributed by atoms with E-state index in [1.807, 2.05) is 48.9 Å². The van der Waals surface area contributed by atoms with E-state index < -0.39 is 5.97 Å². The van der Waals surface area contributed by atoms with Crippen LogP contribution in [0.5, 0.6) is 0 Å². The van der Waals surface area contributed by atoms with Crippen LogP contribution in [0.3, 0.4) is 0 Å². The lowest BCUT2D eigenvalue weighted by atomic mass is 10.2. The van der Waals surface area contributed by atoms with Crippen LogP contribution in [0, 0.1) is 13.8 Å². The number of para-hydroxylation sites is 1. The maximum atomic E-state index is 12.2. The largest absolute Gasteiger partial charge is 0.452 e. The zero-order chi connectivity index (χ0) is 19.9. The number of rotatable bonds is 5. The highest BCUT2D eigenvalue weighted by molar-refractivity contribution is 5.89. The monoisotopic (exact) mass is 381 g/mol. The second-order valence-electron chi connectivity index (χ2n) is 7.07. The molecular formula is C22H27N3O3. The van der Waals surface area contributed by atoms with Crippen LogP contribution in [0.25, 0.3) is 11.8 Å². The number of esters is 1. The van der Waals surface area contributed by atoms with Crippen molar-refractivity contribution in [3.05, 3.63) is 53.4 Å². The highest BCUT2D eigenvalue weighted by Gasteiger charge is 2.17. The molecule has 1 aliphatic heterocycles. The SMILES string of the molecule is Cc1nn(-c2ccccc2)c(C)c1C=CC(=O)OCC(=O)N1CCCCCC1. The normalized spacial score (nSPS) is 14.9. The van der Waals surface area contributed by atoms with Gasteiger partial charge in [0, 0.05) is 30.4 Å². The van der Waals surface area contributed by atoms with Gasteiger partial charge in [0.05, 0.1) is 11.4 Å². The van der Waals surface area contributed by atoms with Crippen LogP contribution >= 0.6 is 0 Å². The van der Waals surface area contributed by atoms with Gasteiger partial charge in [-0.2, -0.15) is 5.10 Å². The molecule has 0 radical (unpaired) electrons. The van der Waals surface area contributed by atoms with Gasteiger partial charge in [-0.3, -0.25) is 4.79 Å². The smallest absolute Gasteiger partial charge is 0.331 e. The zero-order valence-electron chi connectivity index (χ0n) is 16.6. The Hall–Kier alpha value is -2.89. The van der Waals surface area contributed by atoms with Crippen molar-refractivity contribution in [1.29, 1.82) is 0 Å². The molecule has 6 nitrogen and oxygen atoms in total. The number of ether oxygens (including phenoxy) is 1. The van der Waals surface area contributed by atoms with E-state index in [1.165, 1.54) is 6.08 Å². The van der Waals surface area contributed by atoms with Crippen LogP contribution in [0.1, 0.15) is 42.6 Å². The molecule has 1 aromatic heterocycles. The molecule has 28 heavy (non-hydrogen) atoms. The number of hydrogen-bond acceptors (Lipinski definition) is 4. The third-order valence-electron chi connectivity index (χ3n) is 5.03. The lowest BCUT2D eigenvalue weighted by Crippen LogP contribution is -2.35. The third kappa shape index (κ3) is 4.88. The van der Waals surface area contributed by atoms with E-state index in [-0.39, 0.29) is 12.5 Å². The molecule has 1 saturated heterocycles. The Bertz CT molecular complexity index is 847. The summed E-state index contributed by atoms with van der Waals surface area (Å²) in [6.45, 7) is 5.16.